The van der Waals surface area contributed by atoms with Crippen molar-refractivity contribution in [3.8, 4) is 11.5 Å². The van der Waals surface area contributed by atoms with Gasteiger partial charge in [-0.2, -0.15) is 0 Å². The molecule has 1 aromatic heterocycles. The molecule has 0 radical (unpaired) electrons. The number of amides is 1. The number of hydrogen-bond acceptors (Lipinski definition) is 4. The van der Waals surface area contributed by atoms with Gasteiger partial charge in [0.25, 0.3) is 0 Å². The predicted molar refractivity (Wildman–Crippen MR) is 78.0 cm³/mol. The summed E-state index contributed by atoms with van der Waals surface area (Å²) in [4.78, 5) is 27.4. The minimum atomic E-state index is -1.14. The number of aliphatic carboxylic acids is 1. The van der Waals surface area contributed by atoms with E-state index < -0.39 is 17.4 Å². The number of aromatic nitrogens is 1. The van der Waals surface area contributed by atoms with Crippen molar-refractivity contribution < 1.29 is 23.5 Å². The van der Waals surface area contributed by atoms with Gasteiger partial charge in [0.15, 0.2) is 0 Å². The molecule has 1 amide bonds. The van der Waals surface area contributed by atoms with Gasteiger partial charge >= 0.3 is 5.97 Å². The van der Waals surface area contributed by atoms with Crippen LogP contribution >= 0.6 is 0 Å². The second-order valence-corrected chi connectivity index (χ2v) is 5.62. The van der Waals surface area contributed by atoms with Crippen molar-refractivity contribution in [3.05, 3.63) is 42.0 Å². The first-order valence-electron chi connectivity index (χ1n) is 7.23. The SMILES string of the molecule is O=C(Cc1coc(-c2ccc(F)cc2)n1)NC1(C(=O)O)CCC1. The van der Waals surface area contributed by atoms with Crippen LogP contribution in [0.15, 0.2) is 34.9 Å². The Labute approximate surface area is 131 Å². The molecule has 3 rings (SSSR count). The van der Waals surface area contributed by atoms with E-state index in [1.54, 1.807) is 0 Å². The van der Waals surface area contributed by atoms with E-state index in [-0.39, 0.29) is 18.1 Å². The summed E-state index contributed by atoms with van der Waals surface area (Å²) >= 11 is 0. The molecule has 0 unspecified atom stereocenters. The van der Waals surface area contributed by atoms with Crippen molar-refractivity contribution in [2.75, 3.05) is 0 Å². The average Bonchev–Trinajstić information content (AvgIpc) is 2.91. The number of oxazole rings is 1. The van der Waals surface area contributed by atoms with Crippen molar-refractivity contribution in [2.24, 2.45) is 0 Å². The van der Waals surface area contributed by atoms with Crippen molar-refractivity contribution in [1.82, 2.24) is 10.3 Å². The molecule has 1 saturated carbocycles. The number of carboxylic acids is 1. The highest BCUT2D eigenvalue weighted by molar-refractivity contribution is 5.88. The van der Waals surface area contributed by atoms with E-state index in [0.29, 0.717) is 24.1 Å². The van der Waals surface area contributed by atoms with Crippen LogP contribution in [-0.4, -0.2) is 27.5 Å². The van der Waals surface area contributed by atoms with Crippen molar-refractivity contribution in [2.45, 2.75) is 31.2 Å². The normalized spacial score (nSPS) is 15.7. The largest absolute Gasteiger partial charge is 0.480 e. The Morgan fingerprint density at radius 2 is 2.00 bits per heavy atom. The maximum absolute atomic E-state index is 12.9. The average molecular weight is 318 g/mol. The zero-order valence-corrected chi connectivity index (χ0v) is 12.2. The number of nitrogens with one attached hydrogen (secondary N) is 1. The van der Waals surface area contributed by atoms with Gasteiger partial charge in [-0.15, -0.1) is 0 Å². The predicted octanol–water partition coefficient (Wildman–Crippen LogP) is 2.15. The van der Waals surface area contributed by atoms with Gasteiger partial charge in [-0.1, -0.05) is 0 Å². The highest BCUT2D eigenvalue weighted by Gasteiger charge is 2.45. The number of carbonyl (C=O) groups excluding carboxylic acids is 1. The van der Waals surface area contributed by atoms with E-state index >= 15 is 0 Å². The molecule has 120 valence electrons. The number of rotatable bonds is 5. The van der Waals surface area contributed by atoms with Crippen LogP contribution in [0.25, 0.3) is 11.5 Å². The number of nitrogens with zero attached hydrogens (tertiary/aromatic N) is 1. The van der Waals surface area contributed by atoms with Gasteiger partial charge in [0, 0.05) is 5.56 Å². The highest BCUT2D eigenvalue weighted by atomic mass is 19.1. The number of halogens is 1. The molecule has 0 spiro atoms. The highest BCUT2D eigenvalue weighted by Crippen LogP contribution is 2.32. The smallest absolute Gasteiger partial charge is 0.329 e. The maximum atomic E-state index is 12.9. The second-order valence-electron chi connectivity index (χ2n) is 5.62. The van der Waals surface area contributed by atoms with Crippen molar-refractivity contribution in [3.63, 3.8) is 0 Å². The summed E-state index contributed by atoms with van der Waals surface area (Å²) in [7, 11) is 0. The molecule has 2 N–H and O–H groups in total. The molecule has 1 aliphatic carbocycles. The monoisotopic (exact) mass is 318 g/mol. The third kappa shape index (κ3) is 3.08. The van der Waals surface area contributed by atoms with E-state index in [1.807, 2.05) is 0 Å². The molecule has 0 bridgehead atoms. The molecule has 2 aromatic rings. The van der Waals surface area contributed by atoms with Gasteiger partial charge in [-0.05, 0) is 43.5 Å². The fraction of sp³-hybridized carbons (Fsp3) is 0.312. The number of benzene rings is 1. The molecule has 0 atom stereocenters. The molecular weight excluding hydrogens is 303 g/mol. The first-order chi connectivity index (χ1) is 11.0. The summed E-state index contributed by atoms with van der Waals surface area (Å²) in [6.45, 7) is 0. The van der Waals surface area contributed by atoms with Gasteiger partial charge in [0.1, 0.15) is 17.6 Å². The number of carboxylic acid groups (broad SMARTS) is 1. The van der Waals surface area contributed by atoms with Gasteiger partial charge in [-0.3, -0.25) is 4.79 Å². The lowest BCUT2D eigenvalue weighted by Crippen LogP contribution is -2.59. The Bertz CT molecular complexity index is 735. The minimum Gasteiger partial charge on any atom is -0.480 e. The van der Waals surface area contributed by atoms with Gasteiger partial charge in [0.2, 0.25) is 11.8 Å². The Balaban J connectivity index is 1.66. The molecule has 0 saturated heterocycles. The Kier molecular flexibility index (Phi) is 3.85. The Morgan fingerprint density at radius 1 is 1.30 bits per heavy atom. The van der Waals surface area contributed by atoms with E-state index in [0.717, 1.165) is 6.42 Å². The second kappa shape index (κ2) is 5.83. The molecule has 6 nitrogen and oxygen atoms in total. The lowest BCUT2D eigenvalue weighted by Gasteiger charge is -2.38. The summed E-state index contributed by atoms with van der Waals surface area (Å²) in [5.74, 6) is -1.50. The summed E-state index contributed by atoms with van der Waals surface area (Å²) in [6, 6.07) is 5.63. The van der Waals surface area contributed by atoms with E-state index in [1.165, 1.54) is 30.5 Å². The summed E-state index contributed by atoms with van der Waals surface area (Å²) in [5.41, 5.74) is -0.151. The van der Waals surface area contributed by atoms with E-state index in [9.17, 15) is 19.1 Å². The molecule has 1 fully saturated rings. The topological polar surface area (TPSA) is 92.4 Å². The molecule has 7 heteroatoms. The van der Waals surface area contributed by atoms with Gasteiger partial charge in [0.05, 0.1) is 12.1 Å². The van der Waals surface area contributed by atoms with Crippen LogP contribution in [0.4, 0.5) is 4.39 Å². The summed E-state index contributed by atoms with van der Waals surface area (Å²) in [6.07, 6.45) is 2.93. The third-order valence-electron chi connectivity index (χ3n) is 3.98. The van der Waals surface area contributed by atoms with Gasteiger partial charge < -0.3 is 14.8 Å². The molecular formula is C16H15FN2O4. The summed E-state index contributed by atoms with van der Waals surface area (Å²) in [5, 5.41) is 11.8. The molecule has 1 aliphatic rings. The Hall–Kier alpha value is -2.70. The van der Waals surface area contributed by atoms with Crippen LogP contribution < -0.4 is 5.32 Å². The lowest BCUT2D eigenvalue weighted by molar-refractivity contribution is -0.151. The molecule has 1 heterocycles. The fourth-order valence-corrected chi connectivity index (χ4v) is 2.51. The van der Waals surface area contributed by atoms with Gasteiger partial charge in [-0.25, -0.2) is 14.2 Å². The number of hydrogen-bond donors (Lipinski definition) is 2. The van der Waals surface area contributed by atoms with Crippen molar-refractivity contribution >= 4 is 11.9 Å². The first kappa shape index (κ1) is 15.2. The number of carbonyl (C=O) groups is 2. The van der Waals surface area contributed by atoms with E-state index in [4.69, 9.17) is 4.42 Å². The molecule has 1 aromatic carbocycles. The zero-order chi connectivity index (χ0) is 16.4. The summed E-state index contributed by atoms with van der Waals surface area (Å²) < 4.78 is 18.2. The van der Waals surface area contributed by atoms with Crippen LogP contribution in [-0.2, 0) is 16.0 Å². The fourth-order valence-electron chi connectivity index (χ4n) is 2.51. The van der Waals surface area contributed by atoms with Crippen LogP contribution in [0.5, 0.6) is 0 Å². The molecule has 0 aliphatic heterocycles. The Morgan fingerprint density at radius 3 is 2.57 bits per heavy atom. The minimum absolute atomic E-state index is 0.0697. The third-order valence-corrected chi connectivity index (χ3v) is 3.98. The molecule has 23 heavy (non-hydrogen) atoms. The first-order valence-corrected chi connectivity index (χ1v) is 7.23. The quantitative estimate of drug-likeness (QED) is 0.881. The zero-order valence-electron chi connectivity index (χ0n) is 12.2. The maximum Gasteiger partial charge on any atom is 0.329 e. The van der Waals surface area contributed by atoms with Crippen LogP contribution in [0.2, 0.25) is 0 Å². The van der Waals surface area contributed by atoms with Crippen molar-refractivity contribution in [1.29, 1.82) is 0 Å². The van der Waals surface area contributed by atoms with Crippen LogP contribution in [0.3, 0.4) is 0 Å². The van der Waals surface area contributed by atoms with Crippen LogP contribution in [0, 0.1) is 5.82 Å². The standard InChI is InChI=1S/C16H15FN2O4/c17-11-4-2-10(3-5-11)14-18-12(9-23-14)8-13(20)19-16(15(21)22)6-1-7-16/h2-5,9H,1,6-8H2,(H,19,20)(H,21,22). The van der Waals surface area contributed by atoms with Crippen LogP contribution in [0.1, 0.15) is 25.0 Å². The van der Waals surface area contributed by atoms with E-state index in [2.05, 4.69) is 10.3 Å². The lowest BCUT2D eigenvalue weighted by atomic mass is 9.76.